The van der Waals surface area contributed by atoms with Crippen LogP contribution in [0.5, 0.6) is 0 Å². The lowest BCUT2D eigenvalue weighted by Gasteiger charge is -2.44. The number of rotatable bonds is 6. The Hall–Kier alpha value is 0.0600. The van der Waals surface area contributed by atoms with E-state index in [-0.39, 0.29) is 18.6 Å². The van der Waals surface area contributed by atoms with Crippen LogP contribution in [0.25, 0.3) is 0 Å². The van der Waals surface area contributed by atoms with Crippen molar-refractivity contribution in [1.82, 2.24) is 4.90 Å². The summed E-state index contributed by atoms with van der Waals surface area (Å²) in [4.78, 5) is 1.29. The van der Waals surface area contributed by atoms with Crippen molar-refractivity contribution in [1.29, 1.82) is 0 Å². The standard InChI is InChI=1S/C10H18F3NOS/c11-10(12,13)7-14(4-5-15)6-9(8-16)2-1-3-9/h15-16H,1-8H2. The quantitative estimate of drug-likeness (QED) is 0.710. The van der Waals surface area contributed by atoms with E-state index < -0.39 is 12.7 Å². The van der Waals surface area contributed by atoms with Crippen molar-refractivity contribution in [2.75, 3.05) is 32.0 Å². The van der Waals surface area contributed by atoms with E-state index in [4.69, 9.17) is 5.11 Å². The molecule has 0 radical (unpaired) electrons. The molecular weight excluding hydrogens is 239 g/mol. The van der Waals surface area contributed by atoms with Gasteiger partial charge in [0.15, 0.2) is 0 Å². The van der Waals surface area contributed by atoms with Gasteiger partial charge < -0.3 is 5.11 Å². The SMILES string of the molecule is OCCN(CC(F)(F)F)CC1(CS)CCC1. The van der Waals surface area contributed by atoms with Gasteiger partial charge in [-0.25, -0.2) is 0 Å². The van der Waals surface area contributed by atoms with Gasteiger partial charge in [0.1, 0.15) is 0 Å². The lowest BCUT2D eigenvalue weighted by Crippen LogP contribution is -2.47. The Labute approximate surface area is 99.2 Å². The first kappa shape index (κ1) is 14.1. The monoisotopic (exact) mass is 257 g/mol. The van der Waals surface area contributed by atoms with E-state index in [9.17, 15) is 13.2 Å². The molecule has 1 aliphatic carbocycles. The lowest BCUT2D eigenvalue weighted by molar-refractivity contribution is -0.151. The van der Waals surface area contributed by atoms with Crippen molar-refractivity contribution >= 4 is 12.6 Å². The fraction of sp³-hybridized carbons (Fsp3) is 1.00. The van der Waals surface area contributed by atoms with Crippen molar-refractivity contribution < 1.29 is 18.3 Å². The van der Waals surface area contributed by atoms with Crippen LogP contribution in [-0.4, -0.2) is 48.2 Å². The summed E-state index contributed by atoms with van der Waals surface area (Å²) in [6.45, 7) is -0.715. The number of hydrogen-bond donors (Lipinski definition) is 2. The largest absolute Gasteiger partial charge is 0.401 e. The molecule has 0 aromatic carbocycles. The number of aliphatic hydroxyl groups is 1. The lowest BCUT2D eigenvalue weighted by atomic mass is 9.70. The predicted molar refractivity (Wildman–Crippen MR) is 59.7 cm³/mol. The fourth-order valence-corrected chi connectivity index (χ4v) is 2.54. The maximum absolute atomic E-state index is 12.3. The second kappa shape index (κ2) is 5.60. The topological polar surface area (TPSA) is 23.5 Å². The maximum Gasteiger partial charge on any atom is 0.401 e. The zero-order chi connectivity index (χ0) is 12.2. The van der Waals surface area contributed by atoms with Gasteiger partial charge in [-0.3, -0.25) is 4.90 Å². The zero-order valence-electron chi connectivity index (χ0n) is 9.13. The number of thiol groups is 1. The van der Waals surface area contributed by atoms with Crippen LogP contribution in [-0.2, 0) is 0 Å². The van der Waals surface area contributed by atoms with Crippen molar-refractivity contribution in [3.8, 4) is 0 Å². The minimum absolute atomic E-state index is 0.0659. The van der Waals surface area contributed by atoms with Gasteiger partial charge in [-0.2, -0.15) is 25.8 Å². The Morgan fingerprint density at radius 3 is 2.25 bits per heavy atom. The van der Waals surface area contributed by atoms with Gasteiger partial charge in [-0.15, -0.1) is 0 Å². The summed E-state index contributed by atoms with van der Waals surface area (Å²) >= 11 is 4.22. The van der Waals surface area contributed by atoms with Crippen LogP contribution < -0.4 is 0 Å². The van der Waals surface area contributed by atoms with Crippen LogP contribution in [0.15, 0.2) is 0 Å². The highest BCUT2D eigenvalue weighted by atomic mass is 32.1. The first-order valence-electron chi connectivity index (χ1n) is 5.42. The minimum Gasteiger partial charge on any atom is -0.395 e. The summed E-state index contributed by atoms with van der Waals surface area (Å²) < 4.78 is 36.9. The molecule has 0 atom stereocenters. The molecule has 0 bridgehead atoms. The summed E-state index contributed by atoms with van der Waals surface area (Å²) in [5.41, 5.74) is -0.0659. The third kappa shape index (κ3) is 4.14. The molecule has 0 amide bonds. The zero-order valence-corrected chi connectivity index (χ0v) is 10.0. The van der Waals surface area contributed by atoms with Crippen LogP contribution in [0.1, 0.15) is 19.3 Å². The molecule has 0 saturated heterocycles. The number of halogens is 3. The number of aliphatic hydroxyl groups excluding tert-OH is 1. The second-order valence-corrected chi connectivity index (χ2v) is 4.88. The van der Waals surface area contributed by atoms with Gasteiger partial charge in [0.2, 0.25) is 0 Å². The van der Waals surface area contributed by atoms with Gasteiger partial charge in [0, 0.05) is 13.1 Å². The minimum atomic E-state index is -4.20. The molecule has 1 rings (SSSR count). The molecule has 0 unspecified atom stereocenters. The molecule has 1 aliphatic rings. The molecular formula is C10H18F3NOS. The Balaban J connectivity index is 2.50. The molecule has 2 nitrogen and oxygen atoms in total. The van der Waals surface area contributed by atoms with Crippen molar-refractivity contribution in [3.63, 3.8) is 0 Å². The van der Waals surface area contributed by atoms with E-state index in [1.165, 1.54) is 4.90 Å². The Morgan fingerprint density at radius 1 is 1.31 bits per heavy atom. The molecule has 0 aromatic rings. The molecule has 16 heavy (non-hydrogen) atoms. The highest BCUT2D eigenvalue weighted by Gasteiger charge is 2.39. The van der Waals surface area contributed by atoms with E-state index >= 15 is 0 Å². The number of hydrogen-bond acceptors (Lipinski definition) is 3. The fourth-order valence-electron chi connectivity index (χ4n) is 2.13. The first-order chi connectivity index (χ1) is 7.41. The van der Waals surface area contributed by atoms with Crippen molar-refractivity contribution in [2.45, 2.75) is 25.4 Å². The molecule has 6 heteroatoms. The van der Waals surface area contributed by atoms with E-state index in [2.05, 4.69) is 12.6 Å². The molecule has 96 valence electrons. The second-order valence-electron chi connectivity index (χ2n) is 4.56. The molecule has 1 saturated carbocycles. The predicted octanol–water partition coefficient (Wildman–Crippen LogP) is 1.94. The van der Waals surface area contributed by atoms with E-state index in [1.54, 1.807) is 0 Å². The highest BCUT2D eigenvalue weighted by Crippen LogP contribution is 2.42. The number of nitrogens with zero attached hydrogens (tertiary/aromatic N) is 1. The van der Waals surface area contributed by atoms with Crippen LogP contribution in [0, 0.1) is 5.41 Å². The number of alkyl halides is 3. The van der Waals surface area contributed by atoms with Gasteiger partial charge in [0.25, 0.3) is 0 Å². The highest BCUT2D eigenvalue weighted by molar-refractivity contribution is 7.80. The van der Waals surface area contributed by atoms with Crippen LogP contribution >= 0.6 is 12.6 Å². The third-order valence-corrected chi connectivity index (χ3v) is 3.80. The van der Waals surface area contributed by atoms with Gasteiger partial charge in [0.05, 0.1) is 13.2 Å². The molecule has 1 N–H and O–H groups in total. The molecule has 0 aliphatic heterocycles. The summed E-state index contributed by atoms with van der Waals surface area (Å²) in [7, 11) is 0. The van der Waals surface area contributed by atoms with Crippen molar-refractivity contribution in [3.05, 3.63) is 0 Å². The van der Waals surface area contributed by atoms with E-state index in [1.807, 2.05) is 0 Å². The Bertz CT molecular complexity index is 213. The summed E-state index contributed by atoms with van der Waals surface area (Å²) in [5.74, 6) is 0.618. The molecule has 0 aromatic heterocycles. The Morgan fingerprint density at radius 2 is 1.94 bits per heavy atom. The normalized spacial score (nSPS) is 19.9. The van der Waals surface area contributed by atoms with Gasteiger partial charge in [-0.1, -0.05) is 6.42 Å². The van der Waals surface area contributed by atoms with Crippen molar-refractivity contribution in [2.24, 2.45) is 5.41 Å². The summed E-state index contributed by atoms with van der Waals surface area (Å²) in [5, 5.41) is 8.77. The smallest absolute Gasteiger partial charge is 0.395 e. The molecule has 1 fully saturated rings. The first-order valence-corrected chi connectivity index (χ1v) is 6.05. The third-order valence-electron chi connectivity index (χ3n) is 3.13. The van der Waals surface area contributed by atoms with Crippen LogP contribution in [0.4, 0.5) is 13.2 Å². The van der Waals surface area contributed by atoms with E-state index in [0.717, 1.165) is 19.3 Å². The Kier molecular flexibility index (Phi) is 4.94. The van der Waals surface area contributed by atoms with Gasteiger partial charge in [-0.05, 0) is 24.0 Å². The van der Waals surface area contributed by atoms with Crippen LogP contribution in [0.2, 0.25) is 0 Å². The van der Waals surface area contributed by atoms with E-state index in [0.29, 0.717) is 12.3 Å². The molecule has 0 heterocycles. The van der Waals surface area contributed by atoms with Crippen LogP contribution in [0.3, 0.4) is 0 Å². The summed E-state index contributed by atoms with van der Waals surface area (Å²) in [6.07, 6.45) is -1.25. The average molecular weight is 257 g/mol. The van der Waals surface area contributed by atoms with Gasteiger partial charge >= 0.3 is 6.18 Å². The average Bonchev–Trinajstić information content (AvgIpc) is 2.09. The molecule has 0 spiro atoms. The summed E-state index contributed by atoms with van der Waals surface area (Å²) in [6, 6.07) is 0. The maximum atomic E-state index is 12.3.